The molecule has 0 unspecified atom stereocenters. The van der Waals surface area contributed by atoms with Crippen molar-refractivity contribution in [2.24, 2.45) is 10.9 Å². The lowest BCUT2D eigenvalue weighted by Crippen LogP contribution is -2.52. The van der Waals surface area contributed by atoms with E-state index in [1.165, 1.54) is 17.7 Å². The average Bonchev–Trinajstić information content (AvgIpc) is 3.07. The molecule has 0 spiro atoms. The zero-order chi connectivity index (χ0) is 24.5. The van der Waals surface area contributed by atoms with E-state index in [2.05, 4.69) is 31.0 Å². The second-order valence-corrected chi connectivity index (χ2v) is 8.76. The molecule has 178 valence electrons. The van der Waals surface area contributed by atoms with Gasteiger partial charge in [0.15, 0.2) is 5.69 Å². The standard InChI is InChI=1S/C23H26FN7O3/c1-13-10-15(4-5-16(13)24)11-27-19(33)17-18(32)20(34)31-12-14-6-8-23(9-7-14,21(31)28-17)29-22(25-2)30-26-3/h4-5,10,14,32H,6-9,11-12H2,1-2H3,(H,27,33)(H2,25,29,30). The van der Waals surface area contributed by atoms with Crippen LogP contribution in [0.4, 0.5) is 4.39 Å². The fourth-order valence-corrected chi connectivity index (χ4v) is 4.75. The number of carbonyl (C=O) groups excluding carboxylic acids is 1. The summed E-state index contributed by atoms with van der Waals surface area (Å²) >= 11 is 0. The summed E-state index contributed by atoms with van der Waals surface area (Å²) in [6, 6.07) is 4.48. The van der Waals surface area contributed by atoms with Crippen molar-refractivity contribution in [1.82, 2.24) is 25.6 Å². The lowest BCUT2D eigenvalue weighted by molar-refractivity contribution is 0.0941. The van der Waals surface area contributed by atoms with Crippen LogP contribution >= 0.6 is 0 Å². The van der Waals surface area contributed by atoms with Gasteiger partial charge in [0.2, 0.25) is 5.75 Å². The van der Waals surface area contributed by atoms with Crippen LogP contribution < -0.4 is 21.6 Å². The molecule has 2 bridgehead atoms. The Morgan fingerprint density at radius 1 is 1.41 bits per heavy atom. The summed E-state index contributed by atoms with van der Waals surface area (Å²) in [6.45, 7) is 9.18. The zero-order valence-corrected chi connectivity index (χ0v) is 19.0. The van der Waals surface area contributed by atoms with Gasteiger partial charge in [0.1, 0.15) is 11.6 Å². The number of aliphatic imine (C=N–C) groups is 1. The summed E-state index contributed by atoms with van der Waals surface area (Å²) in [5.74, 6) is -0.946. The number of fused-ring (bicyclic) bond motifs is 2. The van der Waals surface area contributed by atoms with Gasteiger partial charge >= 0.3 is 0 Å². The maximum absolute atomic E-state index is 13.5. The number of nitrogens with zero attached hydrogens (tertiary/aromatic N) is 4. The van der Waals surface area contributed by atoms with Crippen molar-refractivity contribution < 1.29 is 14.3 Å². The Balaban J connectivity index is 1.70. The van der Waals surface area contributed by atoms with Crippen LogP contribution in [-0.4, -0.2) is 33.6 Å². The number of halogens is 1. The summed E-state index contributed by atoms with van der Waals surface area (Å²) in [7, 11) is 1.53. The van der Waals surface area contributed by atoms with Crippen molar-refractivity contribution in [3.63, 3.8) is 0 Å². The van der Waals surface area contributed by atoms with Crippen LogP contribution in [0, 0.1) is 25.2 Å². The van der Waals surface area contributed by atoms with Crippen molar-refractivity contribution in [2.45, 2.75) is 51.2 Å². The number of nitrogens with one attached hydrogen (secondary N) is 3. The third kappa shape index (κ3) is 4.19. The van der Waals surface area contributed by atoms with Crippen LogP contribution in [0.5, 0.6) is 5.75 Å². The lowest BCUT2D eigenvalue weighted by Gasteiger charge is -2.37. The van der Waals surface area contributed by atoms with Crippen molar-refractivity contribution in [2.75, 3.05) is 7.05 Å². The van der Waals surface area contributed by atoms with E-state index in [0.717, 1.165) is 12.8 Å². The van der Waals surface area contributed by atoms with Gasteiger partial charge in [-0.05, 0) is 55.7 Å². The number of carbonyl (C=O) groups is 1. The molecule has 3 aliphatic rings. The molecule has 1 aliphatic carbocycles. The van der Waals surface area contributed by atoms with Crippen LogP contribution in [-0.2, 0) is 18.6 Å². The number of amides is 1. The molecule has 0 radical (unpaired) electrons. The fourth-order valence-electron chi connectivity index (χ4n) is 4.75. The Kier molecular flexibility index (Phi) is 6.24. The summed E-state index contributed by atoms with van der Waals surface area (Å²) in [6.07, 6.45) is 2.89. The van der Waals surface area contributed by atoms with Gasteiger partial charge in [0.05, 0.1) is 5.54 Å². The number of aromatic nitrogens is 2. The van der Waals surface area contributed by atoms with Crippen LogP contribution in [0.25, 0.3) is 4.95 Å². The Morgan fingerprint density at radius 3 is 2.79 bits per heavy atom. The number of aryl methyl sites for hydroxylation is 1. The molecule has 2 aliphatic heterocycles. The van der Waals surface area contributed by atoms with E-state index in [1.807, 2.05) is 0 Å². The smallest absolute Gasteiger partial charge is 0.296 e. The monoisotopic (exact) mass is 467 g/mol. The van der Waals surface area contributed by atoms with E-state index >= 15 is 0 Å². The van der Waals surface area contributed by atoms with E-state index in [9.17, 15) is 19.1 Å². The molecule has 0 atom stereocenters. The van der Waals surface area contributed by atoms with E-state index in [1.54, 1.807) is 19.1 Å². The van der Waals surface area contributed by atoms with Crippen LogP contribution in [0.1, 0.15) is 53.1 Å². The van der Waals surface area contributed by atoms with E-state index in [0.29, 0.717) is 36.3 Å². The largest absolute Gasteiger partial charge is 0.501 e. The van der Waals surface area contributed by atoms with Crippen molar-refractivity contribution in [1.29, 1.82) is 0 Å². The van der Waals surface area contributed by atoms with Gasteiger partial charge in [-0.2, -0.15) is 11.5 Å². The molecule has 4 N–H and O–H groups in total. The third-order valence-corrected chi connectivity index (χ3v) is 6.61. The predicted octanol–water partition coefficient (Wildman–Crippen LogP) is 1.72. The number of rotatable bonds is 4. The SMILES string of the molecule is [C-]#[N+]NC(=NC)NC12CCC(CC1)Cn1c2nc(C(=O)NCc2ccc(F)c(C)c2)c(O)c1=O. The van der Waals surface area contributed by atoms with Crippen LogP contribution in [0.15, 0.2) is 28.0 Å². The second kappa shape index (κ2) is 9.13. The first-order chi connectivity index (χ1) is 16.3. The third-order valence-electron chi connectivity index (χ3n) is 6.61. The van der Waals surface area contributed by atoms with Gasteiger partial charge in [0, 0.05) is 20.1 Å². The lowest BCUT2D eigenvalue weighted by atomic mass is 9.77. The molecule has 1 saturated carbocycles. The minimum atomic E-state index is -0.824. The Labute approximate surface area is 195 Å². The molecule has 2 aromatic rings. The van der Waals surface area contributed by atoms with Crippen molar-refractivity contribution in [3.05, 3.63) is 68.5 Å². The predicted molar refractivity (Wildman–Crippen MR) is 122 cm³/mol. The Morgan fingerprint density at radius 2 is 2.15 bits per heavy atom. The topological polar surface area (TPSA) is 125 Å². The van der Waals surface area contributed by atoms with Gasteiger partial charge in [-0.3, -0.25) is 19.1 Å². The second-order valence-electron chi connectivity index (χ2n) is 8.76. The molecule has 10 nitrogen and oxygen atoms in total. The van der Waals surface area contributed by atoms with Crippen molar-refractivity contribution in [3.8, 4) is 5.75 Å². The quantitative estimate of drug-likeness (QED) is 0.235. The normalized spacial score (nSPS) is 21.2. The molecule has 1 fully saturated rings. The minimum absolute atomic E-state index is 0.0759. The summed E-state index contributed by atoms with van der Waals surface area (Å²) in [5, 5.41) is 16.5. The summed E-state index contributed by atoms with van der Waals surface area (Å²) in [4.78, 5) is 37.8. The molecule has 34 heavy (non-hydrogen) atoms. The molecule has 1 amide bonds. The minimum Gasteiger partial charge on any atom is -0.501 e. The highest BCUT2D eigenvalue weighted by atomic mass is 19.1. The Hall–Kier alpha value is -3.94. The first-order valence-electron chi connectivity index (χ1n) is 11.0. The van der Waals surface area contributed by atoms with E-state index in [-0.39, 0.29) is 29.9 Å². The van der Waals surface area contributed by atoms with Gasteiger partial charge in [-0.25, -0.2) is 9.37 Å². The van der Waals surface area contributed by atoms with E-state index < -0.39 is 22.8 Å². The zero-order valence-electron chi connectivity index (χ0n) is 19.0. The molecule has 3 heterocycles. The summed E-state index contributed by atoms with van der Waals surface area (Å²) in [5.41, 5.74) is 1.72. The first kappa shape index (κ1) is 23.2. The van der Waals surface area contributed by atoms with E-state index in [4.69, 9.17) is 6.57 Å². The number of aromatic hydroxyl groups is 1. The highest BCUT2D eigenvalue weighted by Gasteiger charge is 2.45. The molecule has 11 heteroatoms. The highest BCUT2D eigenvalue weighted by molar-refractivity contribution is 5.94. The Bertz CT molecular complexity index is 1260. The van der Waals surface area contributed by atoms with Gasteiger partial charge in [0.25, 0.3) is 17.4 Å². The number of hydrogen-bond donors (Lipinski definition) is 4. The molecule has 5 rings (SSSR count). The number of guanidine groups is 1. The fraction of sp³-hybridized carbons (Fsp3) is 0.435. The number of hydrogen-bond acceptors (Lipinski definition) is 5. The average molecular weight is 468 g/mol. The molecular formula is C23H26FN7O3. The van der Waals surface area contributed by atoms with Gasteiger partial charge in [-0.15, -0.1) is 0 Å². The molecular weight excluding hydrogens is 441 g/mol. The first-order valence-corrected chi connectivity index (χ1v) is 11.0. The van der Waals surface area contributed by atoms with Gasteiger partial charge < -0.3 is 15.7 Å². The van der Waals surface area contributed by atoms with Gasteiger partial charge in [-0.1, -0.05) is 17.6 Å². The van der Waals surface area contributed by atoms with Crippen molar-refractivity contribution >= 4 is 11.9 Å². The summed E-state index contributed by atoms with van der Waals surface area (Å²) < 4.78 is 15.0. The van der Waals surface area contributed by atoms with Crippen LogP contribution in [0.2, 0.25) is 0 Å². The maximum Gasteiger partial charge on any atom is 0.296 e. The highest BCUT2D eigenvalue weighted by Crippen LogP contribution is 2.42. The molecule has 0 saturated heterocycles. The molecule has 1 aromatic heterocycles. The number of benzene rings is 1. The maximum atomic E-state index is 13.5. The molecule has 1 aromatic carbocycles. The van der Waals surface area contributed by atoms with Crippen LogP contribution in [0.3, 0.4) is 0 Å².